The molecule has 1 saturated heterocycles. The van der Waals surface area contributed by atoms with Crippen molar-refractivity contribution in [2.24, 2.45) is 0 Å². The third kappa shape index (κ3) is 4.53. The Morgan fingerprint density at radius 1 is 1.37 bits per heavy atom. The molecule has 0 unspecified atom stereocenters. The van der Waals surface area contributed by atoms with Crippen molar-refractivity contribution >= 4 is 22.4 Å². The van der Waals surface area contributed by atoms with Crippen LogP contribution in [0.2, 0.25) is 0 Å². The average molecular weight is 429 g/mol. The van der Waals surface area contributed by atoms with E-state index in [1.165, 1.54) is 23.5 Å². The minimum atomic E-state index is -0.252. The number of aryl methyl sites for hydroxylation is 1. The van der Waals surface area contributed by atoms with E-state index in [0.717, 1.165) is 48.1 Å². The minimum absolute atomic E-state index is 0.0249. The summed E-state index contributed by atoms with van der Waals surface area (Å²) in [6.45, 7) is 5.97. The second-order valence-corrected chi connectivity index (χ2v) is 8.52. The largest absolute Gasteiger partial charge is 0.445 e. The van der Waals surface area contributed by atoms with E-state index >= 15 is 0 Å². The van der Waals surface area contributed by atoms with Crippen molar-refractivity contribution in [1.82, 2.24) is 14.9 Å². The van der Waals surface area contributed by atoms with Crippen molar-refractivity contribution in [3.63, 3.8) is 0 Å². The molecule has 2 aromatic heterocycles. The lowest BCUT2D eigenvalue weighted by Gasteiger charge is -2.31. The zero-order valence-electron chi connectivity index (χ0n) is 17.2. The van der Waals surface area contributed by atoms with Gasteiger partial charge < -0.3 is 14.6 Å². The number of thiazole rings is 1. The van der Waals surface area contributed by atoms with Crippen LogP contribution < -0.4 is 5.32 Å². The topological polar surface area (TPSA) is 71.3 Å². The Balaban J connectivity index is 1.43. The molecule has 4 rings (SSSR count). The second kappa shape index (κ2) is 8.95. The van der Waals surface area contributed by atoms with Gasteiger partial charge in [0, 0.05) is 26.1 Å². The number of nitrogens with zero attached hydrogens (tertiary/aromatic N) is 3. The van der Waals surface area contributed by atoms with Gasteiger partial charge in [-0.1, -0.05) is 23.5 Å². The number of hydrogen-bond donors (Lipinski definition) is 1. The monoisotopic (exact) mass is 428 g/mol. The molecule has 1 aromatic carbocycles. The van der Waals surface area contributed by atoms with Gasteiger partial charge in [0.1, 0.15) is 16.5 Å². The van der Waals surface area contributed by atoms with Crippen LogP contribution in [0.4, 0.5) is 9.52 Å². The number of hydrogen-bond acceptors (Lipinski definition) is 6. The first-order chi connectivity index (χ1) is 14.5. The summed E-state index contributed by atoms with van der Waals surface area (Å²) < 4.78 is 19.1. The third-order valence-corrected chi connectivity index (χ3v) is 6.34. The van der Waals surface area contributed by atoms with Crippen LogP contribution in [0.5, 0.6) is 0 Å². The van der Waals surface area contributed by atoms with Crippen LogP contribution in [-0.2, 0) is 6.42 Å². The summed E-state index contributed by atoms with van der Waals surface area (Å²) in [5.41, 5.74) is 1.73. The zero-order valence-corrected chi connectivity index (χ0v) is 18.0. The first-order valence-electron chi connectivity index (χ1n) is 10.2. The maximum Gasteiger partial charge on any atom is 0.265 e. The number of carbonyl (C=O) groups is 1. The molecule has 0 spiro atoms. The van der Waals surface area contributed by atoms with Crippen molar-refractivity contribution in [3.05, 3.63) is 64.1 Å². The number of aromatic nitrogens is 2. The highest BCUT2D eigenvalue weighted by molar-refractivity contribution is 7.17. The Kier molecular flexibility index (Phi) is 6.13. The Morgan fingerprint density at radius 2 is 2.17 bits per heavy atom. The van der Waals surface area contributed by atoms with E-state index in [9.17, 15) is 9.18 Å². The lowest BCUT2D eigenvalue weighted by molar-refractivity contribution is 0.0702. The molecule has 1 atom stereocenters. The van der Waals surface area contributed by atoms with Crippen molar-refractivity contribution in [1.29, 1.82) is 0 Å². The van der Waals surface area contributed by atoms with Crippen molar-refractivity contribution in [3.8, 4) is 0 Å². The van der Waals surface area contributed by atoms with E-state index in [1.54, 1.807) is 18.3 Å². The van der Waals surface area contributed by atoms with Gasteiger partial charge in [-0.2, -0.15) is 0 Å². The number of carbonyl (C=O) groups excluding carboxylic acids is 1. The van der Waals surface area contributed by atoms with Gasteiger partial charge in [0.05, 0.1) is 17.8 Å². The van der Waals surface area contributed by atoms with Crippen LogP contribution in [0.3, 0.4) is 0 Å². The van der Waals surface area contributed by atoms with Crippen molar-refractivity contribution in [2.75, 3.05) is 25.0 Å². The predicted octanol–water partition coefficient (Wildman–Crippen LogP) is 4.62. The fourth-order valence-corrected chi connectivity index (χ4v) is 4.73. The molecule has 30 heavy (non-hydrogen) atoms. The summed E-state index contributed by atoms with van der Waals surface area (Å²) in [4.78, 5) is 24.6. The van der Waals surface area contributed by atoms with E-state index in [1.807, 2.05) is 18.7 Å². The number of likely N-dealkylation sites (tertiary alicyclic amines) is 1. The van der Waals surface area contributed by atoms with Gasteiger partial charge in [0.25, 0.3) is 5.91 Å². The van der Waals surface area contributed by atoms with Crippen LogP contribution in [0, 0.1) is 12.7 Å². The standard InChI is InChI=1S/C22H25FN4O2S/c1-3-24-22-26-14(2)19(30-22)21(28)27-10-4-5-16(13-27)20-25-12-18(29-20)11-15-6-8-17(23)9-7-15/h6-9,12,16H,3-5,10-11,13H2,1-2H3,(H,24,26)/t16-/m0/s1. The van der Waals surface area contributed by atoms with Gasteiger partial charge >= 0.3 is 0 Å². The van der Waals surface area contributed by atoms with Gasteiger partial charge in [0.15, 0.2) is 11.0 Å². The van der Waals surface area contributed by atoms with Gasteiger partial charge in [-0.25, -0.2) is 14.4 Å². The lowest BCUT2D eigenvalue weighted by atomic mass is 9.98. The highest BCUT2D eigenvalue weighted by Crippen LogP contribution is 2.30. The SMILES string of the molecule is CCNc1nc(C)c(C(=O)N2CCC[C@H](c3ncc(Cc4ccc(F)cc4)o3)C2)s1. The van der Waals surface area contributed by atoms with Crippen LogP contribution in [-0.4, -0.2) is 40.4 Å². The maximum absolute atomic E-state index is 13.1. The molecule has 1 fully saturated rings. The van der Waals surface area contributed by atoms with E-state index in [0.29, 0.717) is 23.7 Å². The molecule has 158 valence electrons. The average Bonchev–Trinajstić information content (AvgIpc) is 3.36. The number of rotatable bonds is 6. The van der Waals surface area contributed by atoms with E-state index in [-0.39, 0.29) is 17.6 Å². The van der Waals surface area contributed by atoms with Crippen molar-refractivity contribution < 1.29 is 13.6 Å². The number of amides is 1. The molecule has 0 bridgehead atoms. The number of benzene rings is 1. The molecule has 1 amide bonds. The smallest absolute Gasteiger partial charge is 0.265 e. The molecule has 1 aliphatic rings. The number of anilines is 1. The molecular formula is C22H25FN4O2S. The number of oxazole rings is 1. The predicted molar refractivity (Wildman–Crippen MR) is 115 cm³/mol. The summed E-state index contributed by atoms with van der Waals surface area (Å²) in [5.74, 6) is 1.26. The Labute approximate surface area is 179 Å². The molecular weight excluding hydrogens is 403 g/mol. The molecule has 0 saturated carbocycles. The third-order valence-electron chi connectivity index (χ3n) is 5.24. The maximum atomic E-state index is 13.1. The molecule has 3 aromatic rings. The highest BCUT2D eigenvalue weighted by Gasteiger charge is 2.30. The first-order valence-corrected chi connectivity index (χ1v) is 11.0. The second-order valence-electron chi connectivity index (χ2n) is 7.52. The summed E-state index contributed by atoms with van der Waals surface area (Å²) >= 11 is 1.41. The molecule has 8 heteroatoms. The van der Waals surface area contributed by atoms with Crippen LogP contribution in [0.15, 0.2) is 34.9 Å². The molecule has 1 aliphatic heterocycles. The summed E-state index contributed by atoms with van der Waals surface area (Å²) in [7, 11) is 0. The van der Waals surface area contributed by atoms with Gasteiger partial charge in [0.2, 0.25) is 0 Å². The van der Waals surface area contributed by atoms with Gasteiger partial charge in [-0.15, -0.1) is 0 Å². The van der Waals surface area contributed by atoms with Crippen LogP contribution in [0.25, 0.3) is 0 Å². The van der Waals surface area contributed by atoms with Gasteiger partial charge in [-0.05, 0) is 44.4 Å². The zero-order chi connectivity index (χ0) is 21.1. The lowest BCUT2D eigenvalue weighted by Crippen LogP contribution is -2.39. The normalized spacial score (nSPS) is 16.6. The summed E-state index contributed by atoms with van der Waals surface area (Å²) in [5, 5.41) is 3.96. The minimum Gasteiger partial charge on any atom is -0.445 e. The molecule has 6 nitrogen and oxygen atoms in total. The Hall–Kier alpha value is -2.74. The number of halogens is 1. The number of nitrogens with one attached hydrogen (secondary N) is 1. The molecule has 0 radical (unpaired) electrons. The highest BCUT2D eigenvalue weighted by atomic mass is 32.1. The van der Waals surface area contributed by atoms with Crippen LogP contribution in [0.1, 0.15) is 58.3 Å². The summed E-state index contributed by atoms with van der Waals surface area (Å²) in [6, 6.07) is 6.38. The Morgan fingerprint density at radius 3 is 2.93 bits per heavy atom. The van der Waals surface area contributed by atoms with Crippen LogP contribution >= 0.6 is 11.3 Å². The van der Waals surface area contributed by atoms with E-state index in [4.69, 9.17) is 4.42 Å². The van der Waals surface area contributed by atoms with Gasteiger partial charge in [-0.3, -0.25) is 4.79 Å². The quantitative estimate of drug-likeness (QED) is 0.620. The number of piperidine rings is 1. The van der Waals surface area contributed by atoms with E-state index < -0.39 is 0 Å². The fourth-order valence-electron chi connectivity index (χ4n) is 3.73. The molecule has 3 heterocycles. The van der Waals surface area contributed by atoms with Crippen molar-refractivity contribution in [2.45, 2.75) is 39.0 Å². The Bertz CT molecular complexity index is 1010. The first kappa shape index (κ1) is 20.5. The van der Waals surface area contributed by atoms with E-state index in [2.05, 4.69) is 15.3 Å². The molecule has 0 aliphatic carbocycles. The summed E-state index contributed by atoms with van der Waals surface area (Å²) in [6.07, 6.45) is 4.14. The molecule has 1 N–H and O–H groups in total. The fraction of sp³-hybridized carbons (Fsp3) is 0.409.